The van der Waals surface area contributed by atoms with Crippen LogP contribution in [0.3, 0.4) is 0 Å². The summed E-state index contributed by atoms with van der Waals surface area (Å²) in [5, 5.41) is 8.85. The lowest BCUT2D eigenvalue weighted by atomic mass is 10.2. The van der Waals surface area contributed by atoms with Crippen molar-refractivity contribution in [2.45, 2.75) is 24.3 Å². The van der Waals surface area contributed by atoms with Crippen molar-refractivity contribution in [3.8, 4) is 0 Å². The lowest BCUT2D eigenvalue weighted by Crippen LogP contribution is -2.27. The number of carboxylic acids is 1. The van der Waals surface area contributed by atoms with Crippen LogP contribution in [0.15, 0.2) is 18.2 Å². The molecule has 0 amide bonds. The number of carboxylic acid groups (broad SMARTS) is 1. The van der Waals surface area contributed by atoms with Gasteiger partial charge in [-0.3, -0.25) is 4.79 Å². The fourth-order valence-corrected chi connectivity index (χ4v) is 1.89. The van der Waals surface area contributed by atoms with Crippen molar-refractivity contribution in [2.24, 2.45) is 0 Å². The predicted octanol–water partition coefficient (Wildman–Crippen LogP) is 3.06. The zero-order chi connectivity index (χ0) is 12.3. The van der Waals surface area contributed by atoms with Crippen molar-refractivity contribution in [3.05, 3.63) is 35.4 Å². The standard InChI is InChI=1S/C11H12F2O2S/c1-11(2,10(14)15)16-6-7-8(12)4-3-5-9(7)13/h3-5H,6H2,1-2H3,(H,14,15). The molecule has 1 aromatic carbocycles. The fourth-order valence-electron chi connectivity index (χ4n) is 0.985. The number of thioether (sulfide) groups is 1. The lowest BCUT2D eigenvalue weighted by molar-refractivity contribution is -0.138. The van der Waals surface area contributed by atoms with Gasteiger partial charge in [0, 0.05) is 11.3 Å². The van der Waals surface area contributed by atoms with Crippen LogP contribution in [0.2, 0.25) is 0 Å². The molecule has 0 aliphatic heterocycles. The monoisotopic (exact) mass is 246 g/mol. The number of halogens is 2. The molecule has 2 nitrogen and oxygen atoms in total. The van der Waals surface area contributed by atoms with Crippen LogP contribution in [-0.4, -0.2) is 15.8 Å². The minimum absolute atomic E-state index is 0.00218. The van der Waals surface area contributed by atoms with E-state index in [2.05, 4.69) is 0 Å². The quantitative estimate of drug-likeness (QED) is 0.887. The maximum atomic E-state index is 13.2. The summed E-state index contributed by atoms with van der Waals surface area (Å²) in [5.41, 5.74) is -0.0816. The van der Waals surface area contributed by atoms with Crippen molar-refractivity contribution in [1.82, 2.24) is 0 Å². The van der Waals surface area contributed by atoms with Crippen LogP contribution < -0.4 is 0 Å². The number of benzene rings is 1. The van der Waals surface area contributed by atoms with Crippen molar-refractivity contribution in [1.29, 1.82) is 0 Å². The molecule has 0 heterocycles. The van der Waals surface area contributed by atoms with Gasteiger partial charge in [0.25, 0.3) is 0 Å². The Labute approximate surface area is 96.7 Å². The van der Waals surface area contributed by atoms with Gasteiger partial charge in [0.05, 0.1) is 0 Å². The third kappa shape index (κ3) is 2.95. The van der Waals surface area contributed by atoms with Crippen molar-refractivity contribution >= 4 is 17.7 Å². The van der Waals surface area contributed by atoms with Crippen molar-refractivity contribution in [3.63, 3.8) is 0 Å². The molecular weight excluding hydrogens is 234 g/mol. The topological polar surface area (TPSA) is 37.3 Å². The summed E-state index contributed by atoms with van der Waals surface area (Å²) >= 11 is 0.989. The molecule has 0 aliphatic carbocycles. The molecule has 0 aliphatic rings. The Bertz CT molecular complexity index is 385. The largest absolute Gasteiger partial charge is 0.480 e. The van der Waals surface area contributed by atoms with E-state index in [4.69, 9.17) is 5.11 Å². The molecule has 0 unspecified atom stereocenters. The van der Waals surface area contributed by atoms with Crippen LogP contribution in [-0.2, 0) is 10.5 Å². The first-order valence-corrected chi connectivity index (χ1v) is 5.63. The Balaban J connectivity index is 2.79. The Morgan fingerprint density at radius 1 is 1.38 bits per heavy atom. The molecular formula is C11H12F2O2S. The summed E-state index contributed by atoms with van der Waals surface area (Å²) in [6, 6.07) is 3.60. The SMILES string of the molecule is CC(C)(SCc1c(F)cccc1F)C(=O)O. The van der Waals surface area contributed by atoms with Crippen LogP contribution in [0, 0.1) is 11.6 Å². The molecule has 0 radical (unpaired) electrons. The molecule has 5 heteroatoms. The number of carbonyl (C=O) groups is 1. The summed E-state index contributed by atoms with van der Waals surface area (Å²) in [7, 11) is 0. The highest BCUT2D eigenvalue weighted by atomic mass is 32.2. The van der Waals surface area contributed by atoms with E-state index < -0.39 is 22.4 Å². The Morgan fingerprint density at radius 3 is 2.31 bits per heavy atom. The van der Waals surface area contributed by atoms with Gasteiger partial charge in [-0.15, -0.1) is 11.8 Å². The average molecular weight is 246 g/mol. The predicted molar refractivity (Wildman–Crippen MR) is 59.4 cm³/mol. The summed E-state index contributed by atoms with van der Waals surface area (Å²) in [6.45, 7) is 3.00. The van der Waals surface area contributed by atoms with Gasteiger partial charge in [-0.2, -0.15) is 0 Å². The highest BCUT2D eigenvalue weighted by Gasteiger charge is 2.28. The third-order valence-electron chi connectivity index (χ3n) is 2.15. The second-order valence-corrected chi connectivity index (χ2v) is 5.40. The second kappa shape index (κ2) is 4.82. The fraction of sp³-hybridized carbons (Fsp3) is 0.364. The zero-order valence-electron chi connectivity index (χ0n) is 8.96. The maximum absolute atomic E-state index is 13.2. The van der Waals surface area contributed by atoms with Crippen LogP contribution in [0.1, 0.15) is 19.4 Å². The lowest BCUT2D eigenvalue weighted by Gasteiger charge is -2.18. The maximum Gasteiger partial charge on any atom is 0.319 e. The summed E-state index contributed by atoms with van der Waals surface area (Å²) in [4.78, 5) is 10.8. The van der Waals surface area contributed by atoms with Crippen LogP contribution >= 0.6 is 11.8 Å². The van der Waals surface area contributed by atoms with Gasteiger partial charge in [-0.05, 0) is 26.0 Å². The molecule has 0 spiro atoms. The summed E-state index contributed by atoms with van der Waals surface area (Å²) in [5.74, 6) is -2.30. The Hall–Kier alpha value is -1.10. The first-order chi connectivity index (χ1) is 7.34. The van der Waals surface area contributed by atoms with Crippen molar-refractivity contribution in [2.75, 3.05) is 0 Å². The van der Waals surface area contributed by atoms with Crippen LogP contribution in [0.5, 0.6) is 0 Å². The molecule has 0 aromatic heterocycles. The molecule has 0 saturated heterocycles. The summed E-state index contributed by atoms with van der Waals surface area (Å²) < 4.78 is 25.4. The van der Waals surface area contributed by atoms with E-state index in [0.717, 1.165) is 23.9 Å². The molecule has 1 N–H and O–H groups in total. The highest BCUT2D eigenvalue weighted by molar-refractivity contribution is 8.00. The normalized spacial score (nSPS) is 11.5. The number of hydrogen-bond acceptors (Lipinski definition) is 2. The molecule has 88 valence electrons. The van der Waals surface area contributed by atoms with E-state index in [1.165, 1.54) is 19.9 Å². The number of hydrogen-bond donors (Lipinski definition) is 1. The van der Waals surface area contributed by atoms with E-state index in [1.807, 2.05) is 0 Å². The second-order valence-electron chi connectivity index (χ2n) is 3.80. The van der Waals surface area contributed by atoms with E-state index in [9.17, 15) is 13.6 Å². The molecule has 1 rings (SSSR count). The van der Waals surface area contributed by atoms with Crippen LogP contribution in [0.25, 0.3) is 0 Å². The van der Waals surface area contributed by atoms with Gasteiger partial charge in [-0.25, -0.2) is 8.78 Å². The zero-order valence-corrected chi connectivity index (χ0v) is 9.78. The van der Waals surface area contributed by atoms with Crippen LogP contribution in [0.4, 0.5) is 8.78 Å². The minimum Gasteiger partial charge on any atom is -0.480 e. The van der Waals surface area contributed by atoms with Gasteiger partial charge >= 0.3 is 5.97 Å². The van der Waals surface area contributed by atoms with Gasteiger partial charge < -0.3 is 5.11 Å². The Morgan fingerprint density at radius 2 is 1.88 bits per heavy atom. The first-order valence-electron chi connectivity index (χ1n) is 4.65. The summed E-state index contributed by atoms with van der Waals surface area (Å²) in [6.07, 6.45) is 0. The van der Waals surface area contributed by atoms with E-state index in [-0.39, 0.29) is 11.3 Å². The molecule has 0 atom stereocenters. The smallest absolute Gasteiger partial charge is 0.319 e. The average Bonchev–Trinajstić information content (AvgIpc) is 2.16. The first kappa shape index (κ1) is 13.0. The van der Waals surface area contributed by atoms with Crippen molar-refractivity contribution < 1.29 is 18.7 Å². The van der Waals surface area contributed by atoms with Gasteiger partial charge in [0.2, 0.25) is 0 Å². The molecule has 0 fully saturated rings. The minimum atomic E-state index is -1.06. The van der Waals surface area contributed by atoms with E-state index in [0.29, 0.717) is 0 Å². The molecule has 0 bridgehead atoms. The molecule has 0 saturated carbocycles. The van der Waals surface area contributed by atoms with E-state index in [1.54, 1.807) is 0 Å². The molecule has 16 heavy (non-hydrogen) atoms. The number of aliphatic carboxylic acids is 1. The Kier molecular flexibility index (Phi) is 3.91. The number of rotatable bonds is 4. The van der Waals surface area contributed by atoms with E-state index >= 15 is 0 Å². The van der Waals surface area contributed by atoms with Gasteiger partial charge in [0.1, 0.15) is 16.4 Å². The third-order valence-corrected chi connectivity index (χ3v) is 3.48. The van der Waals surface area contributed by atoms with Gasteiger partial charge in [0.15, 0.2) is 0 Å². The molecule has 1 aromatic rings. The highest BCUT2D eigenvalue weighted by Crippen LogP contribution is 2.30. The van der Waals surface area contributed by atoms with Gasteiger partial charge in [-0.1, -0.05) is 6.07 Å².